The van der Waals surface area contributed by atoms with Crippen molar-refractivity contribution in [1.29, 1.82) is 0 Å². The lowest BCUT2D eigenvalue weighted by molar-refractivity contribution is -0.147. The molecule has 6 aromatic carbocycles. The number of carbonyl (C=O) groups excluding carboxylic acids is 15. The quantitative estimate of drug-likeness (QED) is 0.0105. The summed E-state index contributed by atoms with van der Waals surface area (Å²) in [6.07, 6.45) is 0. The monoisotopic (exact) mass is 1700 g/mol. The van der Waals surface area contributed by atoms with Gasteiger partial charge in [-0.2, -0.15) is 0 Å². The lowest BCUT2D eigenvalue weighted by atomic mass is 10.0. The van der Waals surface area contributed by atoms with Crippen LogP contribution in [0.1, 0.15) is 93.4 Å². The fourth-order valence-corrected chi connectivity index (χ4v) is 15.1. The van der Waals surface area contributed by atoms with E-state index in [1.807, 2.05) is 0 Å². The van der Waals surface area contributed by atoms with Gasteiger partial charge in [-0.15, -0.1) is 0 Å². The average molecular weight is 1710 g/mol. The number of phenolic OH excluding ortho intramolecular Hbond substituents is 3. The molecule has 0 spiro atoms. The molecule has 0 aromatic heterocycles. The Labute approximate surface area is 674 Å². The molecule has 0 saturated carbocycles. The number of halogens is 6. The highest BCUT2D eigenvalue weighted by atomic mass is 32.2. The number of ether oxygens (including phenoxy) is 3. The van der Waals surface area contributed by atoms with Crippen molar-refractivity contribution in [2.75, 3.05) is 54.3 Å². The number of carbonyl (C=O) groups is 15. The molecule has 2 unspecified atom stereocenters. The maximum absolute atomic E-state index is 14.2. The predicted molar refractivity (Wildman–Crippen MR) is 419 cm³/mol. The van der Waals surface area contributed by atoms with Gasteiger partial charge in [-0.3, -0.25) is 57.5 Å². The third-order valence-corrected chi connectivity index (χ3v) is 20.7. The molecular weight excluding hydrogens is 1630 g/mol. The molecule has 39 heteroatoms. The van der Waals surface area contributed by atoms with E-state index in [0.717, 1.165) is 18.2 Å². The zero-order chi connectivity index (χ0) is 85.2. The minimum absolute atomic E-state index is 0.0171. The van der Waals surface area contributed by atoms with Crippen LogP contribution in [0.15, 0.2) is 109 Å². The lowest BCUT2D eigenvalue weighted by Gasteiger charge is -2.19. The number of benzene rings is 6. The molecule has 0 heterocycles. The molecule has 0 aliphatic rings. The van der Waals surface area contributed by atoms with Gasteiger partial charge in [0.15, 0.2) is 0 Å². The molecule has 114 heavy (non-hydrogen) atoms. The fourth-order valence-electron chi connectivity index (χ4n) is 9.49. The highest BCUT2D eigenvalue weighted by Crippen LogP contribution is 2.35. The van der Waals surface area contributed by atoms with Gasteiger partial charge in [-0.05, 0) is 110 Å². The van der Waals surface area contributed by atoms with Gasteiger partial charge in [0.1, 0.15) is 88.4 Å². The Morgan fingerprint density at radius 3 is 0.719 bits per heavy atom. The Morgan fingerprint density at radius 1 is 0.307 bits per heavy atom. The second-order valence-electron chi connectivity index (χ2n) is 23.5. The fraction of sp³-hybridized carbons (Fsp3) is 0.320. The van der Waals surface area contributed by atoms with E-state index in [0.29, 0.717) is 88.8 Å². The van der Waals surface area contributed by atoms with Crippen LogP contribution in [0.2, 0.25) is 0 Å². The second kappa shape index (κ2) is 48.0. The van der Waals surface area contributed by atoms with E-state index in [4.69, 9.17) is 14.2 Å². The largest absolute Gasteiger partial charge is 0.507 e. The molecule has 27 nitrogen and oxygen atoms in total. The smallest absolute Gasteiger partial charge is 0.329 e. The van der Waals surface area contributed by atoms with Crippen LogP contribution in [0.25, 0.3) is 33.4 Å². The van der Waals surface area contributed by atoms with E-state index in [1.54, 1.807) is 20.8 Å². The molecule has 0 fully saturated rings. The van der Waals surface area contributed by atoms with Crippen molar-refractivity contribution in [3.63, 3.8) is 0 Å². The molecule has 6 aromatic rings. The number of amides is 6. The Kier molecular flexibility index (Phi) is 40.4. The molecule has 612 valence electrons. The number of nitrogens with one attached hydrogen (secondary N) is 6. The number of phenols is 3. The maximum atomic E-state index is 14.2. The van der Waals surface area contributed by atoms with Crippen LogP contribution in [0.5, 0.6) is 17.2 Å². The number of hydrogen-bond donors (Lipinski definition) is 9. The lowest BCUT2D eigenvalue weighted by Crippen LogP contribution is -2.44. The van der Waals surface area contributed by atoms with Crippen molar-refractivity contribution in [3.8, 4) is 50.6 Å². The maximum Gasteiger partial charge on any atom is 0.329 e. The van der Waals surface area contributed by atoms with Crippen LogP contribution in [-0.4, -0.2) is 190 Å². The predicted octanol–water partition coefficient (Wildman–Crippen LogP) is 9.13. The Bertz CT molecular complexity index is 4120. The van der Waals surface area contributed by atoms with Crippen LogP contribution in [0.3, 0.4) is 0 Å². The van der Waals surface area contributed by atoms with Gasteiger partial charge in [-0.1, -0.05) is 88.8 Å². The standard InChI is InChI=1S/3C25H26F2N2O7S2/c3*1-4-36-23(33)20(28-13(2)30)11-38-25(35)21(29-14(3)31)12-37-24(34)18-9-15(5-8-22(18)32)17-7-6-16(26)10-19(17)27/h3*5-10,20-21,32H,4,11-12H2,1-3H3,(H,28,30)(H,29,31)/t2*20-,21-;/m10./s1. The van der Waals surface area contributed by atoms with Crippen LogP contribution in [0, 0.1) is 34.9 Å². The molecule has 6 atom stereocenters. The van der Waals surface area contributed by atoms with Gasteiger partial charge in [-0.25, -0.2) is 40.7 Å². The Morgan fingerprint density at radius 2 is 0.518 bits per heavy atom. The zero-order valence-corrected chi connectivity index (χ0v) is 67.0. The first-order chi connectivity index (χ1) is 53.8. The van der Waals surface area contributed by atoms with Gasteiger partial charge in [0.2, 0.25) is 66.1 Å². The average Bonchev–Trinajstić information content (AvgIpc) is 0.821. The second-order valence-corrected chi connectivity index (χ2v) is 29.6. The van der Waals surface area contributed by atoms with E-state index < -0.39 is 172 Å². The van der Waals surface area contributed by atoms with Gasteiger partial charge in [0.25, 0.3) is 0 Å². The van der Waals surface area contributed by atoms with Gasteiger partial charge >= 0.3 is 17.9 Å². The summed E-state index contributed by atoms with van der Waals surface area (Å²) < 4.78 is 97.1. The molecule has 6 amide bonds. The topological polar surface area (TPSA) is 417 Å². The number of rotatable bonds is 33. The van der Waals surface area contributed by atoms with Gasteiger partial charge in [0, 0.05) is 111 Å². The molecule has 0 aliphatic carbocycles. The number of aromatic hydroxyl groups is 3. The minimum atomic E-state index is -1.15. The van der Waals surface area contributed by atoms with Gasteiger partial charge < -0.3 is 61.4 Å². The highest BCUT2D eigenvalue weighted by Gasteiger charge is 2.32. The van der Waals surface area contributed by atoms with Crippen molar-refractivity contribution in [3.05, 3.63) is 161 Å². The van der Waals surface area contributed by atoms with Crippen molar-refractivity contribution < 1.29 is 128 Å². The summed E-state index contributed by atoms with van der Waals surface area (Å²) in [4.78, 5) is 182. The van der Waals surface area contributed by atoms with Crippen LogP contribution in [-0.2, 0) is 71.7 Å². The molecule has 6 rings (SSSR count). The summed E-state index contributed by atoms with van der Waals surface area (Å²) in [5.41, 5.74) is 0.185. The van der Waals surface area contributed by atoms with Crippen LogP contribution in [0.4, 0.5) is 26.3 Å². The molecule has 0 radical (unpaired) electrons. The first-order valence-electron chi connectivity index (χ1n) is 33.8. The summed E-state index contributed by atoms with van der Waals surface area (Å²) in [7, 11) is 0. The number of hydrogen-bond acceptors (Lipinski definition) is 27. The highest BCUT2D eigenvalue weighted by molar-refractivity contribution is 8.16. The van der Waals surface area contributed by atoms with E-state index in [2.05, 4.69) is 31.9 Å². The molecule has 0 bridgehead atoms. The SMILES string of the molecule is CCOC(=O)C(CSC(=O)C(CSC(=O)c1cc(-c2ccc(F)cc2F)ccc1O)NC(C)=O)NC(C)=O.CCOC(=O)[C@@H](CSC(=O)[C@@H](CSC(=O)c1cc(-c2ccc(F)cc2F)ccc1O)NC(C)=O)NC(C)=O.CCOC(=O)[C@H](CSC(=O)[C@H](CSC(=O)c1cc(-c2ccc(F)cc2F)ccc1O)NC(C)=O)NC(C)=O. The van der Waals surface area contributed by atoms with Crippen molar-refractivity contribution in [2.24, 2.45) is 0 Å². The van der Waals surface area contributed by atoms with E-state index >= 15 is 0 Å². The molecule has 0 aliphatic heterocycles. The summed E-state index contributed by atoms with van der Waals surface area (Å²) in [5.74, 6) is -12.5. The van der Waals surface area contributed by atoms with Gasteiger partial charge in [0.05, 0.1) is 36.5 Å². The molecule has 0 saturated heterocycles. The molecular formula is C75H78F6N6O21S6. The summed E-state index contributed by atoms with van der Waals surface area (Å²) in [5, 5.41) is 41.3. The third-order valence-electron chi connectivity index (χ3n) is 14.5. The summed E-state index contributed by atoms with van der Waals surface area (Å²) >= 11 is 3.89. The van der Waals surface area contributed by atoms with Crippen molar-refractivity contribution >= 4 is 155 Å². The number of esters is 3. The minimum Gasteiger partial charge on any atom is -0.507 e. The van der Waals surface area contributed by atoms with E-state index in [-0.39, 0.29) is 104 Å². The van der Waals surface area contributed by atoms with E-state index in [1.165, 1.54) is 114 Å². The third kappa shape index (κ3) is 32.3. The van der Waals surface area contributed by atoms with Crippen LogP contribution >= 0.6 is 70.6 Å². The molecule has 9 N–H and O–H groups in total. The first-order valence-corrected chi connectivity index (χ1v) is 39.7. The normalized spacial score (nSPS) is 12.2. The van der Waals surface area contributed by atoms with Crippen molar-refractivity contribution in [2.45, 2.75) is 98.6 Å². The first kappa shape index (κ1) is 96.0. The summed E-state index contributed by atoms with van der Waals surface area (Å²) in [6.45, 7) is 12.1. The van der Waals surface area contributed by atoms with E-state index in [9.17, 15) is 114 Å². The Hall–Kier alpha value is -10.4. The van der Waals surface area contributed by atoms with Crippen LogP contribution < -0.4 is 31.9 Å². The van der Waals surface area contributed by atoms with Crippen molar-refractivity contribution in [1.82, 2.24) is 31.9 Å². The summed E-state index contributed by atoms with van der Waals surface area (Å²) in [6, 6.07) is 13.5. The zero-order valence-electron chi connectivity index (χ0n) is 62.1. The Balaban J connectivity index is 0.000000360. The number of thioether (sulfide) groups is 6.